The molecule has 0 bridgehead atoms. The molecule has 1 aliphatic rings. The molecule has 0 unspecified atom stereocenters. The third-order valence-corrected chi connectivity index (χ3v) is 4.19. The minimum Gasteiger partial charge on any atom is -0.293 e. The molecule has 1 heterocycles. The lowest BCUT2D eigenvalue weighted by atomic mass is 9.70. The molecule has 1 nitrogen and oxygen atoms in total. The van der Waals surface area contributed by atoms with Crippen LogP contribution in [0.5, 0.6) is 0 Å². The molecule has 96 valence electrons. The predicted molar refractivity (Wildman–Crippen MR) is 80.9 cm³/mol. The number of nitrogens with zero attached hydrogens (tertiary/aromatic N) is 1. The predicted octanol–water partition coefficient (Wildman–Crippen LogP) is 4.23. The SMILES string of the molecule is CC1=NCC(c2ccccc2)(c2ccccc2)CC1. The van der Waals surface area contributed by atoms with Gasteiger partial charge in [-0.05, 0) is 30.9 Å². The summed E-state index contributed by atoms with van der Waals surface area (Å²) in [5, 5.41) is 0. The Balaban J connectivity index is 2.12. The number of benzene rings is 2. The van der Waals surface area contributed by atoms with Gasteiger partial charge in [0.05, 0.1) is 6.54 Å². The number of rotatable bonds is 2. The second-order valence-corrected chi connectivity index (χ2v) is 5.37. The van der Waals surface area contributed by atoms with Gasteiger partial charge in [-0.2, -0.15) is 0 Å². The molecule has 0 aromatic heterocycles. The molecule has 3 rings (SSSR count). The van der Waals surface area contributed by atoms with Crippen LogP contribution in [0.1, 0.15) is 30.9 Å². The summed E-state index contributed by atoms with van der Waals surface area (Å²) >= 11 is 0. The highest BCUT2D eigenvalue weighted by molar-refractivity contribution is 5.83. The first-order valence-corrected chi connectivity index (χ1v) is 6.92. The Morgan fingerprint density at radius 3 is 1.79 bits per heavy atom. The molecule has 0 amide bonds. The molecule has 0 atom stereocenters. The summed E-state index contributed by atoms with van der Waals surface area (Å²) in [4.78, 5) is 4.75. The van der Waals surface area contributed by atoms with E-state index in [1.165, 1.54) is 16.8 Å². The molecule has 2 aromatic carbocycles. The van der Waals surface area contributed by atoms with E-state index in [1.54, 1.807) is 0 Å². The molecule has 0 spiro atoms. The van der Waals surface area contributed by atoms with Gasteiger partial charge in [0, 0.05) is 11.1 Å². The minimum absolute atomic E-state index is 0.0576. The standard InChI is InChI=1S/C18H19N/c1-15-12-13-18(14-19-15,16-8-4-2-5-9-16)17-10-6-3-7-11-17/h2-11H,12-14H2,1H3. The van der Waals surface area contributed by atoms with E-state index in [1.807, 2.05) is 0 Å². The van der Waals surface area contributed by atoms with Crippen molar-refractivity contribution in [2.45, 2.75) is 25.2 Å². The van der Waals surface area contributed by atoms with Gasteiger partial charge in [0.2, 0.25) is 0 Å². The average Bonchev–Trinajstić information content (AvgIpc) is 2.50. The second-order valence-electron chi connectivity index (χ2n) is 5.37. The van der Waals surface area contributed by atoms with Crippen LogP contribution < -0.4 is 0 Å². The highest BCUT2D eigenvalue weighted by atomic mass is 14.8. The Bertz CT molecular complexity index is 530. The van der Waals surface area contributed by atoms with Crippen molar-refractivity contribution in [2.24, 2.45) is 4.99 Å². The zero-order chi connectivity index (χ0) is 13.1. The summed E-state index contributed by atoms with van der Waals surface area (Å²) in [6.07, 6.45) is 2.24. The fourth-order valence-corrected chi connectivity index (χ4v) is 2.97. The van der Waals surface area contributed by atoms with Crippen molar-refractivity contribution < 1.29 is 0 Å². The van der Waals surface area contributed by atoms with E-state index in [2.05, 4.69) is 67.6 Å². The van der Waals surface area contributed by atoms with Crippen LogP contribution in [-0.4, -0.2) is 12.3 Å². The molecular weight excluding hydrogens is 230 g/mol. The molecule has 0 N–H and O–H groups in total. The normalized spacial score (nSPS) is 17.8. The highest BCUT2D eigenvalue weighted by Gasteiger charge is 2.35. The van der Waals surface area contributed by atoms with Crippen molar-refractivity contribution in [2.75, 3.05) is 6.54 Å². The fraction of sp³-hybridized carbons (Fsp3) is 0.278. The summed E-state index contributed by atoms with van der Waals surface area (Å²) in [7, 11) is 0. The van der Waals surface area contributed by atoms with E-state index in [4.69, 9.17) is 4.99 Å². The molecule has 0 saturated carbocycles. The van der Waals surface area contributed by atoms with Crippen molar-refractivity contribution in [3.8, 4) is 0 Å². The zero-order valence-electron chi connectivity index (χ0n) is 11.3. The van der Waals surface area contributed by atoms with E-state index in [0.717, 1.165) is 19.4 Å². The first kappa shape index (κ1) is 12.2. The van der Waals surface area contributed by atoms with Crippen LogP contribution in [0.3, 0.4) is 0 Å². The molecule has 1 heteroatoms. The van der Waals surface area contributed by atoms with Crippen LogP contribution in [0, 0.1) is 0 Å². The lowest BCUT2D eigenvalue weighted by molar-refractivity contribution is 0.476. The average molecular weight is 249 g/mol. The Kier molecular flexibility index (Phi) is 3.20. The molecular formula is C18H19N. The van der Waals surface area contributed by atoms with Gasteiger partial charge in [-0.15, -0.1) is 0 Å². The maximum Gasteiger partial charge on any atom is 0.0526 e. The van der Waals surface area contributed by atoms with Crippen LogP contribution >= 0.6 is 0 Å². The van der Waals surface area contributed by atoms with Crippen LogP contribution in [0.4, 0.5) is 0 Å². The zero-order valence-corrected chi connectivity index (χ0v) is 11.3. The first-order valence-electron chi connectivity index (χ1n) is 6.92. The lowest BCUT2D eigenvalue weighted by Crippen LogP contribution is -2.35. The van der Waals surface area contributed by atoms with Crippen molar-refractivity contribution in [3.63, 3.8) is 0 Å². The van der Waals surface area contributed by atoms with Gasteiger partial charge in [0.15, 0.2) is 0 Å². The maximum atomic E-state index is 4.75. The minimum atomic E-state index is 0.0576. The quantitative estimate of drug-likeness (QED) is 0.755. The Hall–Kier alpha value is -1.89. The van der Waals surface area contributed by atoms with Gasteiger partial charge in [-0.1, -0.05) is 60.7 Å². The maximum absolute atomic E-state index is 4.75. The summed E-state index contributed by atoms with van der Waals surface area (Å²) in [5.74, 6) is 0. The molecule has 0 fully saturated rings. The summed E-state index contributed by atoms with van der Waals surface area (Å²) in [6, 6.07) is 21.6. The smallest absolute Gasteiger partial charge is 0.0526 e. The third kappa shape index (κ3) is 2.21. The number of hydrogen-bond acceptors (Lipinski definition) is 1. The van der Waals surface area contributed by atoms with Gasteiger partial charge in [0.25, 0.3) is 0 Å². The Labute approximate surface area is 115 Å². The van der Waals surface area contributed by atoms with Crippen molar-refractivity contribution >= 4 is 5.71 Å². The van der Waals surface area contributed by atoms with Crippen LogP contribution in [0.15, 0.2) is 65.7 Å². The van der Waals surface area contributed by atoms with Crippen LogP contribution in [0.25, 0.3) is 0 Å². The summed E-state index contributed by atoms with van der Waals surface area (Å²) < 4.78 is 0. The largest absolute Gasteiger partial charge is 0.293 e. The second kappa shape index (κ2) is 5.00. The van der Waals surface area contributed by atoms with Gasteiger partial charge < -0.3 is 0 Å². The number of hydrogen-bond donors (Lipinski definition) is 0. The topological polar surface area (TPSA) is 12.4 Å². The van der Waals surface area contributed by atoms with E-state index >= 15 is 0 Å². The van der Waals surface area contributed by atoms with Crippen LogP contribution in [-0.2, 0) is 5.41 Å². The fourth-order valence-electron chi connectivity index (χ4n) is 2.97. The Morgan fingerprint density at radius 1 is 0.842 bits per heavy atom. The van der Waals surface area contributed by atoms with E-state index < -0.39 is 0 Å². The molecule has 0 radical (unpaired) electrons. The van der Waals surface area contributed by atoms with Gasteiger partial charge >= 0.3 is 0 Å². The summed E-state index contributed by atoms with van der Waals surface area (Å²) in [6.45, 7) is 3.01. The third-order valence-electron chi connectivity index (χ3n) is 4.19. The molecule has 2 aromatic rings. The van der Waals surface area contributed by atoms with E-state index in [-0.39, 0.29) is 5.41 Å². The van der Waals surface area contributed by atoms with Crippen molar-refractivity contribution in [1.29, 1.82) is 0 Å². The number of aliphatic imine (C=N–C) groups is 1. The molecule has 0 saturated heterocycles. The van der Waals surface area contributed by atoms with E-state index in [0.29, 0.717) is 0 Å². The lowest BCUT2D eigenvalue weighted by Gasteiger charge is -2.36. The molecule has 0 aliphatic carbocycles. The van der Waals surface area contributed by atoms with Gasteiger partial charge in [0.1, 0.15) is 0 Å². The monoisotopic (exact) mass is 249 g/mol. The van der Waals surface area contributed by atoms with Gasteiger partial charge in [-0.3, -0.25) is 4.99 Å². The molecule has 19 heavy (non-hydrogen) atoms. The highest BCUT2D eigenvalue weighted by Crippen LogP contribution is 2.39. The van der Waals surface area contributed by atoms with E-state index in [9.17, 15) is 0 Å². The Morgan fingerprint density at radius 2 is 1.37 bits per heavy atom. The first-order chi connectivity index (χ1) is 9.31. The molecule has 1 aliphatic heterocycles. The van der Waals surface area contributed by atoms with Crippen molar-refractivity contribution in [1.82, 2.24) is 0 Å². The van der Waals surface area contributed by atoms with Crippen molar-refractivity contribution in [3.05, 3.63) is 71.8 Å². The van der Waals surface area contributed by atoms with Gasteiger partial charge in [-0.25, -0.2) is 0 Å². The van der Waals surface area contributed by atoms with Crippen LogP contribution in [0.2, 0.25) is 0 Å². The summed E-state index contributed by atoms with van der Waals surface area (Å²) in [5.41, 5.74) is 4.11.